The molecule has 0 bridgehead atoms. The molecule has 14 atom stereocenters. The Morgan fingerprint density at radius 2 is 0.981 bits per heavy atom. The second kappa shape index (κ2) is 43.7. The second-order valence-electron chi connectivity index (χ2n) is 30.1. The van der Waals surface area contributed by atoms with Crippen molar-refractivity contribution in [3.63, 3.8) is 0 Å². The van der Waals surface area contributed by atoms with Crippen LogP contribution in [0.5, 0.6) is 0 Å². The second-order valence-corrected chi connectivity index (χ2v) is 30.1. The molecule has 107 heavy (non-hydrogen) atoms. The minimum absolute atomic E-state index is 0.0126. The van der Waals surface area contributed by atoms with Crippen molar-refractivity contribution >= 4 is 77.2 Å². The molecule has 0 saturated carbocycles. The number of benzene rings is 3. The molecule has 1 aliphatic heterocycles. The summed E-state index contributed by atoms with van der Waals surface area (Å²) < 4.78 is 10.8. The van der Waals surface area contributed by atoms with Crippen LogP contribution in [0.2, 0.25) is 0 Å². The Balaban J connectivity index is 1.93. The molecule has 3 aromatic rings. The maximum Gasteiger partial charge on any atom is 0.408 e. The fraction of sp³-hybridized carbons (Fsp3) is 0.587. The van der Waals surface area contributed by atoms with Crippen LogP contribution in [-0.2, 0) is 75.4 Å². The lowest BCUT2D eigenvalue weighted by atomic mass is 9.86. The number of carbonyl (C=O) groups is 13. The molecule has 0 aromatic heterocycles. The van der Waals surface area contributed by atoms with Gasteiger partial charge in [-0.2, -0.15) is 0 Å². The molecule has 1 unspecified atom stereocenters. The van der Waals surface area contributed by atoms with Crippen LogP contribution in [0.1, 0.15) is 158 Å². The van der Waals surface area contributed by atoms with Gasteiger partial charge < -0.3 is 99.0 Å². The molecule has 592 valence electrons. The summed E-state index contributed by atoms with van der Waals surface area (Å²) in [6, 6.07) is 5.96. The summed E-state index contributed by atoms with van der Waals surface area (Å²) in [5.41, 5.74) is 0.00704. The highest BCUT2D eigenvalue weighted by molar-refractivity contribution is 6.00. The van der Waals surface area contributed by atoms with Crippen LogP contribution < -0.4 is 69.1 Å². The molecule has 0 spiro atoms. The van der Waals surface area contributed by atoms with Gasteiger partial charge in [0.05, 0.1) is 38.0 Å². The molecular formula is C75H113N13O19. The molecule has 17 N–H and O–H groups in total. The number of rotatable bonds is 26. The Bertz CT molecular complexity index is 3430. The topological polar surface area (TPSA) is 478 Å². The monoisotopic (exact) mass is 1500 g/mol. The number of alkyl carbamates (subject to hydrolysis) is 2. The van der Waals surface area contributed by atoms with E-state index >= 15 is 14.4 Å². The van der Waals surface area contributed by atoms with Crippen molar-refractivity contribution < 1.29 is 92.2 Å². The standard InChI is InChI=1S/C75H113N13O19/c1-14-44(6)56-69(101)85-57(45(7)91)68(100)77-37-55(92)78-53(38-89)66(98)82-54(39-90)67(99)86-58(48-30-22-17-23-31-48)59(87-65(97)51(35-74(8,9)10)81-64(96)52(36-75(11,12)13)83-73(105)107-41-47-28-20-16-21-29-47)70(102)88-60(61(93)43(4)5)71(103)80-50(34-42(2)3)63(95)79-49(62(94)84-56)32-24-25-33-76-72(104)106-40-46-26-18-15-19-27-46/h15-23,26-31,42-45,49-54,56-61,89-91,93H,14,24-25,32-41H2,1-13H3,(H,76,104)(H,77,100)(H,78,92)(H,79,95)(H,80,103)(H,81,96)(H,82,98)(H,83,105)(H,84,94)(H,85,101)(H,86,99)(H,87,97)(H,88,102)/t44-,45-,49+,50-,51-,52+,53-,54?,56-,57-,58+,59-,60-,61+/m0/s1. The molecular weight excluding hydrogens is 1390 g/mol. The van der Waals surface area contributed by atoms with E-state index in [1.807, 2.05) is 26.8 Å². The van der Waals surface area contributed by atoms with Crippen molar-refractivity contribution in [2.24, 2.45) is 28.6 Å². The number of hydrogen-bond acceptors (Lipinski definition) is 19. The molecule has 0 aliphatic carbocycles. The average molecular weight is 1500 g/mol. The highest BCUT2D eigenvalue weighted by Crippen LogP contribution is 2.26. The summed E-state index contributed by atoms with van der Waals surface area (Å²) in [6.45, 7) is 18.2. The lowest BCUT2D eigenvalue weighted by molar-refractivity contribution is -0.139. The number of carbonyl (C=O) groups excluding carboxylic acids is 13. The number of aliphatic hydroxyl groups excluding tert-OH is 4. The van der Waals surface area contributed by atoms with Crippen LogP contribution in [0.15, 0.2) is 91.0 Å². The number of aliphatic hydroxyl groups is 4. The van der Waals surface area contributed by atoms with E-state index in [9.17, 15) is 68.4 Å². The highest BCUT2D eigenvalue weighted by Gasteiger charge is 2.43. The van der Waals surface area contributed by atoms with Gasteiger partial charge in [-0.15, -0.1) is 0 Å². The molecule has 1 saturated heterocycles. The Hall–Kier alpha value is -9.79. The van der Waals surface area contributed by atoms with E-state index < -0.39 is 204 Å². The molecule has 3 aromatic carbocycles. The fourth-order valence-corrected chi connectivity index (χ4v) is 11.3. The Morgan fingerprint density at radius 3 is 1.50 bits per heavy atom. The maximum absolute atomic E-state index is 15.8. The largest absolute Gasteiger partial charge is 0.445 e. The van der Waals surface area contributed by atoms with Gasteiger partial charge in [0.1, 0.15) is 73.6 Å². The van der Waals surface area contributed by atoms with E-state index in [2.05, 4.69) is 69.1 Å². The summed E-state index contributed by atoms with van der Waals surface area (Å²) in [5.74, 6) is -14.1. The molecule has 1 fully saturated rings. The zero-order valence-electron chi connectivity index (χ0n) is 63.5. The molecule has 1 heterocycles. The highest BCUT2D eigenvalue weighted by atomic mass is 16.6. The Morgan fingerprint density at radius 1 is 0.514 bits per heavy atom. The van der Waals surface area contributed by atoms with E-state index in [1.165, 1.54) is 38.1 Å². The molecule has 13 amide bonds. The first-order valence-electron chi connectivity index (χ1n) is 36.2. The van der Waals surface area contributed by atoms with Crippen molar-refractivity contribution in [1.82, 2.24) is 69.1 Å². The maximum atomic E-state index is 15.8. The van der Waals surface area contributed by atoms with Crippen molar-refractivity contribution in [1.29, 1.82) is 0 Å². The average Bonchev–Trinajstić information content (AvgIpc) is 0.805. The number of amides is 13. The number of hydrogen-bond donors (Lipinski definition) is 17. The predicted octanol–water partition coefficient (Wildman–Crippen LogP) is 1.08. The molecule has 32 heteroatoms. The molecule has 0 radical (unpaired) electrons. The Labute approximate surface area is 625 Å². The molecule has 32 nitrogen and oxygen atoms in total. The molecule has 1 aliphatic rings. The van der Waals surface area contributed by atoms with Crippen LogP contribution in [0.3, 0.4) is 0 Å². The number of unbranched alkanes of at least 4 members (excludes halogenated alkanes) is 1. The van der Waals surface area contributed by atoms with Crippen molar-refractivity contribution in [2.45, 2.75) is 227 Å². The first-order chi connectivity index (χ1) is 50.3. The summed E-state index contributed by atoms with van der Waals surface area (Å²) >= 11 is 0. The van der Waals surface area contributed by atoms with Gasteiger partial charge in [0, 0.05) is 6.54 Å². The van der Waals surface area contributed by atoms with Crippen LogP contribution in [0.4, 0.5) is 9.59 Å². The van der Waals surface area contributed by atoms with Gasteiger partial charge in [-0.25, -0.2) is 9.59 Å². The van der Waals surface area contributed by atoms with E-state index in [1.54, 1.807) is 109 Å². The van der Waals surface area contributed by atoms with Crippen LogP contribution >= 0.6 is 0 Å². The van der Waals surface area contributed by atoms with Gasteiger partial charge >= 0.3 is 12.2 Å². The first-order valence-corrected chi connectivity index (χ1v) is 36.2. The SMILES string of the molecule is CC[C@H](C)[C@@H]1NC(=O)[C@@H](CCCCNC(=O)OCc2ccccc2)NC(=O)[C@H](CC(C)C)NC(=O)[C@H]([C@H](O)C(C)C)NC(=O)[C@@H](NC(=O)[C@H](CC(C)(C)C)NC(=O)[C@@H](CC(C)(C)C)NC(=O)OCc2ccccc2)[C@@H](c2ccccc2)NC(=O)C(CO)NC(=O)[C@H](CO)NC(=O)CNC(=O)[C@H]([C@H](C)O)NC1=O. The van der Waals surface area contributed by atoms with Gasteiger partial charge in [0.2, 0.25) is 65.0 Å². The quantitative estimate of drug-likeness (QED) is 0.0500. The first kappa shape index (κ1) is 89.6. The van der Waals surface area contributed by atoms with E-state index in [4.69, 9.17) is 9.47 Å². The third kappa shape index (κ3) is 31.3. The summed E-state index contributed by atoms with van der Waals surface area (Å²) in [7, 11) is 0. The lowest BCUT2D eigenvalue weighted by Gasteiger charge is -2.35. The van der Waals surface area contributed by atoms with Gasteiger partial charge in [0.15, 0.2) is 0 Å². The summed E-state index contributed by atoms with van der Waals surface area (Å²) in [4.78, 5) is 187. The summed E-state index contributed by atoms with van der Waals surface area (Å²) in [6.07, 6.45) is -5.04. The predicted molar refractivity (Wildman–Crippen MR) is 393 cm³/mol. The van der Waals surface area contributed by atoms with E-state index in [0.717, 1.165) is 12.5 Å². The van der Waals surface area contributed by atoms with Crippen LogP contribution in [-0.4, -0.2) is 197 Å². The normalized spacial score (nSPS) is 22.4. The number of ether oxygens (including phenoxy) is 2. The van der Waals surface area contributed by atoms with Gasteiger partial charge in [-0.05, 0) is 90.7 Å². The van der Waals surface area contributed by atoms with Crippen LogP contribution in [0.25, 0.3) is 0 Å². The summed E-state index contributed by atoms with van der Waals surface area (Å²) in [5, 5.41) is 77.2. The minimum atomic E-state index is -2.13. The Kier molecular flexibility index (Phi) is 36.6. The number of nitrogens with one attached hydrogen (secondary N) is 13. The fourth-order valence-electron chi connectivity index (χ4n) is 11.3. The van der Waals surface area contributed by atoms with Gasteiger partial charge in [0.25, 0.3) is 0 Å². The van der Waals surface area contributed by atoms with Crippen molar-refractivity contribution in [3.8, 4) is 0 Å². The zero-order valence-corrected chi connectivity index (χ0v) is 63.5. The van der Waals surface area contributed by atoms with E-state index in [-0.39, 0.29) is 70.3 Å². The smallest absolute Gasteiger partial charge is 0.408 e. The zero-order chi connectivity index (χ0) is 79.9. The van der Waals surface area contributed by atoms with E-state index in [0.29, 0.717) is 5.56 Å². The van der Waals surface area contributed by atoms with Gasteiger partial charge in [-0.1, -0.05) is 181 Å². The van der Waals surface area contributed by atoms with Crippen molar-refractivity contribution in [3.05, 3.63) is 108 Å². The van der Waals surface area contributed by atoms with Crippen LogP contribution in [0, 0.1) is 28.6 Å². The third-order valence-electron chi connectivity index (χ3n) is 17.4. The minimum Gasteiger partial charge on any atom is -0.445 e. The van der Waals surface area contributed by atoms with Gasteiger partial charge in [-0.3, -0.25) is 52.7 Å². The molecule has 4 rings (SSSR count). The van der Waals surface area contributed by atoms with Crippen molar-refractivity contribution in [2.75, 3.05) is 26.3 Å². The third-order valence-corrected chi connectivity index (χ3v) is 17.4. The lowest BCUT2D eigenvalue weighted by Crippen LogP contribution is -2.65.